The highest BCUT2D eigenvalue weighted by Gasteiger charge is 2.55. The second-order valence-corrected chi connectivity index (χ2v) is 7.07. The molecule has 3 aromatic rings. The molecule has 0 aliphatic carbocycles. The molecule has 9 heteroatoms. The predicted octanol–water partition coefficient (Wildman–Crippen LogP) is 1.89. The van der Waals surface area contributed by atoms with Gasteiger partial charge in [-0.05, 0) is 18.9 Å². The molecule has 1 aliphatic rings. The van der Waals surface area contributed by atoms with Crippen molar-refractivity contribution >= 4 is 17.1 Å². The van der Waals surface area contributed by atoms with Crippen LogP contribution in [-0.2, 0) is 11.2 Å². The van der Waals surface area contributed by atoms with Crippen molar-refractivity contribution in [2.45, 2.75) is 31.3 Å². The van der Waals surface area contributed by atoms with E-state index in [1.165, 1.54) is 24.9 Å². The zero-order valence-electron chi connectivity index (χ0n) is 15.6. The number of fused-ring (bicyclic) bond motifs is 1. The Morgan fingerprint density at radius 1 is 1.32 bits per heavy atom. The molecule has 1 saturated heterocycles. The molecule has 4 atom stereocenters. The SMILES string of the molecule is COc1nc(N)nc2c1ncn2[C@@H]1O[C@@H](CO)[C@@H](Cc2ccccc2)[C@@]1(C)F. The highest BCUT2D eigenvalue weighted by atomic mass is 19.1. The van der Waals surface area contributed by atoms with Gasteiger partial charge in [-0.15, -0.1) is 0 Å². The maximum Gasteiger partial charge on any atom is 0.246 e. The Bertz CT molecular complexity index is 978. The number of halogens is 1. The molecule has 0 spiro atoms. The summed E-state index contributed by atoms with van der Waals surface area (Å²) in [6, 6.07) is 9.58. The molecule has 0 amide bonds. The largest absolute Gasteiger partial charge is 0.479 e. The summed E-state index contributed by atoms with van der Waals surface area (Å²) in [5, 5.41) is 9.82. The van der Waals surface area contributed by atoms with Gasteiger partial charge in [0, 0.05) is 5.92 Å². The average molecular weight is 387 g/mol. The third-order valence-electron chi connectivity index (χ3n) is 5.29. The van der Waals surface area contributed by atoms with E-state index < -0.39 is 23.9 Å². The van der Waals surface area contributed by atoms with E-state index in [1.807, 2.05) is 30.3 Å². The highest BCUT2D eigenvalue weighted by Crippen LogP contribution is 2.47. The Morgan fingerprint density at radius 2 is 2.07 bits per heavy atom. The van der Waals surface area contributed by atoms with Gasteiger partial charge >= 0.3 is 0 Å². The number of alkyl halides is 1. The lowest BCUT2D eigenvalue weighted by Crippen LogP contribution is -2.37. The molecule has 28 heavy (non-hydrogen) atoms. The molecule has 148 valence electrons. The maximum atomic E-state index is 16.0. The lowest BCUT2D eigenvalue weighted by molar-refractivity contribution is -0.0565. The van der Waals surface area contributed by atoms with Crippen LogP contribution in [0.5, 0.6) is 5.88 Å². The van der Waals surface area contributed by atoms with Gasteiger partial charge in [-0.3, -0.25) is 4.57 Å². The third-order valence-corrected chi connectivity index (χ3v) is 5.29. The van der Waals surface area contributed by atoms with Crippen molar-refractivity contribution in [1.29, 1.82) is 0 Å². The number of rotatable bonds is 5. The molecular formula is C19H22FN5O3. The van der Waals surface area contributed by atoms with Gasteiger partial charge in [0.25, 0.3) is 0 Å². The number of hydrogen-bond acceptors (Lipinski definition) is 7. The number of methoxy groups -OCH3 is 1. The van der Waals surface area contributed by atoms with E-state index >= 15 is 4.39 Å². The van der Waals surface area contributed by atoms with E-state index in [4.69, 9.17) is 15.2 Å². The van der Waals surface area contributed by atoms with Gasteiger partial charge in [0.2, 0.25) is 11.8 Å². The van der Waals surface area contributed by atoms with E-state index in [0.29, 0.717) is 17.6 Å². The van der Waals surface area contributed by atoms with Crippen molar-refractivity contribution in [2.24, 2.45) is 5.92 Å². The summed E-state index contributed by atoms with van der Waals surface area (Å²) in [4.78, 5) is 12.4. The number of aromatic nitrogens is 4. The fraction of sp³-hybridized carbons (Fsp3) is 0.421. The van der Waals surface area contributed by atoms with Gasteiger partial charge in [0.15, 0.2) is 23.1 Å². The number of aliphatic hydroxyl groups excluding tert-OH is 1. The normalized spacial score (nSPS) is 27.4. The summed E-state index contributed by atoms with van der Waals surface area (Å²) in [6.45, 7) is 1.19. The number of nitrogens with two attached hydrogens (primary N) is 1. The molecule has 0 unspecified atom stereocenters. The molecule has 3 heterocycles. The lowest BCUT2D eigenvalue weighted by Gasteiger charge is -2.28. The van der Waals surface area contributed by atoms with Crippen molar-refractivity contribution in [1.82, 2.24) is 19.5 Å². The fourth-order valence-electron chi connectivity index (χ4n) is 3.87. The topological polar surface area (TPSA) is 108 Å². The maximum absolute atomic E-state index is 16.0. The van der Waals surface area contributed by atoms with Crippen molar-refractivity contribution in [3.8, 4) is 5.88 Å². The minimum Gasteiger partial charge on any atom is -0.479 e. The molecule has 3 N–H and O–H groups in total. The predicted molar refractivity (Wildman–Crippen MR) is 100 cm³/mol. The third kappa shape index (κ3) is 2.96. The summed E-state index contributed by atoms with van der Waals surface area (Å²) >= 11 is 0. The number of nitrogens with zero attached hydrogens (tertiary/aromatic N) is 4. The van der Waals surface area contributed by atoms with Crippen molar-refractivity contribution in [2.75, 3.05) is 19.5 Å². The summed E-state index contributed by atoms with van der Waals surface area (Å²) in [7, 11) is 1.45. The molecule has 1 aliphatic heterocycles. The van der Waals surface area contributed by atoms with Gasteiger partial charge in [-0.25, -0.2) is 9.37 Å². The molecule has 1 aromatic carbocycles. The van der Waals surface area contributed by atoms with Crippen LogP contribution in [-0.4, -0.2) is 50.1 Å². The molecule has 8 nitrogen and oxygen atoms in total. The molecule has 2 aromatic heterocycles. The van der Waals surface area contributed by atoms with E-state index in [2.05, 4.69) is 15.0 Å². The monoisotopic (exact) mass is 387 g/mol. The molecule has 0 saturated carbocycles. The summed E-state index contributed by atoms with van der Waals surface area (Å²) in [5.41, 5.74) is 5.63. The first-order valence-corrected chi connectivity index (χ1v) is 8.99. The number of aliphatic hydroxyl groups is 1. The van der Waals surface area contributed by atoms with Crippen LogP contribution in [0, 0.1) is 5.92 Å². The number of nitrogen functional groups attached to an aromatic ring is 1. The smallest absolute Gasteiger partial charge is 0.246 e. The van der Waals surface area contributed by atoms with Gasteiger partial charge in [-0.1, -0.05) is 30.3 Å². The molecule has 4 rings (SSSR count). The van der Waals surface area contributed by atoms with Crippen LogP contribution in [0.4, 0.5) is 10.3 Å². The van der Waals surface area contributed by atoms with Crippen molar-refractivity contribution in [3.63, 3.8) is 0 Å². The number of anilines is 1. The second-order valence-electron chi connectivity index (χ2n) is 7.07. The Balaban J connectivity index is 1.74. The highest BCUT2D eigenvalue weighted by molar-refractivity contribution is 5.77. The minimum absolute atomic E-state index is 0.01000. The number of imidazole rings is 1. The van der Waals surface area contributed by atoms with Crippen LogP contribution in [0.2, 0.25) is 0 Å². The number of benzene rings is 1. The van der Waals surface area contributed by atoms with E-state index in [-0.39, 0.29) is 18.4 Å². The molecule has 0 bridgehead atoms. The zero-order valence-corrected chi connectivity index (χ0v) is 15.6. The van der Waals surface area contributed by atoms with Gasteiger partial charge in [-0.2, -0.15) is 9.97 Å². The van der Waals surface area contributed by atoms with E-state index in [0.717, 1.165) is 5.56 Å². The fourth-order valence-corrected chi connectivity index (χ4v) is 3.87. The second kappa shape index (κ2) is 6.99. The van der Waals surface area contributed by atoms with E-state index in [9.17, 15) is 5.11 Å². The molecule has 1 fully saturated rings. The van der Waals surface area contributed by atoms with Crippen LogP contribution in [0.1, 0.15) is 18.7 Å². The van der Waals surface area contributed by atoms with Crippen molar-refractivity contribution < 1.29 is 19.0 Å². The average Bonchev–Trinajstić information content (AvgIpc) is 3.20. The first-order valence-electron chi connectivity index (χ1n) is 8.99. The van der Waals surface area contributed by atoms with Crippen LogP contribution >= 0.6 is 0 Å². The molecular weight excluding hydrogens is 365 g/mol. The minimum atomic E-state index is -1.79. The standard InChI is InChI=1S/C19H22FN5O3/c1-19(20)12(8-11-6-4-3-5-7-11)13(9-26)28-17(19)25-10-22-14-15(25)23-18(21)24-16(14)27-2/h3-7,10,12-13,17,26H,8-9H2,1-2H3,(H2,21,23,24)/t12-,13+,17-,19-/m1/s1. The number of ether oxygens (including phenoxy) is 2. The summed E-state index contributed by atoms with van der Waals surface area (Å²) in [5.74, 6) is -0.355. The molecule has 0 radical (unpaired) electrons. The summed E-state index contributed by atoms with van der Waals surface area (Å²) < 4.78 is 28.7. The van der Waals surface area contributed by atoms with E-state index in [1.54, 1.807) is 0 Å². The van der Waals surface area contributed by atoms with Crippen LogP contribution < -0.4 is 10.5 Å². The van der Waals surface area contributed by atoms with Gasteiger partial charge in [0.05, 0.1) is 26.1 Å². The number of hydrogen-bond donors (Lipinski definition) is 2. The quantitative estimate of drug-likeness (QED) is 0.688. The van der Waals surface area contributed by atoms with Crippen LogP contribution in [0.15, 0.2) is 36.7 Å². The Labute approximate surface area is 161 Å². The van der Waals surface area contributed by atoms with Crippen molar-refractivity contribution in [3.05, 3.63) is 42.2 Å². The first-order chi connectivity index (χ1) is 13.5. The Morgan fingerprint density at radius 3 is 2.75 bits per heavy atom. The Kier molecular flexibility index (Phi) is 4.64. The van der Waals surface area contributed by atoms with Crippen LogP contribution in [0.25, 0.3) is 11.2 Å². The van der Waals surface area contributed by atoms with Gasteiger partial charge < -0.3 is 20.3 Å². The van der Waals surface area contributed by atoms with Crippen LogP contribution in [0.3, 0.4) is 0 Å². The first kappa shape index (κ1) is 18.6. The summed E-state index contributed by atoms with van der Waals surface area (Å²) in [6.07, 6.45) is 0.173. The van der Waals surface area contributed by atoms with Gasteiger partial charge in [0.1, 0.15) is 0 Å². The Hall–Kier alpha value is -2.78. The lowest BCUT2D eigenvalue weighted by atomic mass is 9.83. The zero-order chi connectivity index (χ0) is 19.9.